The van der Waals surface area contributed by atoms with Crippen molar-refractivity contribution in [3.63, 3.8) is 0 Å². The average molecular weight is 382 g/mol. The molecule has 0 spiro atoms. The van der Waals surface area contributed by atoms with Crippen LogP contribution in [0.3, 0.4) is 0 Å². The SMILES string of the molecule is COc1ccc2[nH]cc(C3CC(c4cc(OC)c(OC)c(OC)c4)=NO3)c2c1. The number of methoxy groups -OCH3 is 4. The maximum atomic E-state index is 5.76. The first-order valence-electron chi connectivity index (χ1n) is 8.86. The Bertz CT molecular complexity index is 1020. The molecule has 0 aliphatic carbocycles. The topological polar surface area (TPSA) is 74.3 Å². The van der Waals surface area contributed by atoms with Gasteiger partial charge in [0.15, 0.2) is 17.6 Å². The number of H-pyrrole nitrogens is 1. The van der Waals surface area contributed by atoms with Crippen molar-refractivity contribution < 1.29 is 23.8 Å². The molecule has 2 heterocycles. The maximum Gasteiger partial charge on any atom is 0.203 e. The third-order valence-electron chi connectivity index (χ3n) is 4.93. The Balaban J connectivity index is 1.64. The van der Waals surface area contributed by atoms with Gasteiger partial charge in [-0.2, -0.15) is 0 Å². The van der Waals surface area contributed by atoms with Gasteiger partial charge in [-0.1, -0.05) is 5.16 Å². The van der Waals surface area contributed by atoms with Crippen molar-refractivity contribution >= 4 is 16.6 Å². The van der Waals surface area contributed by atoms with Crippen LogP contribution in [0.1, 0.15) is 23.7 Å². The van der Waals surface area contributed by atoms with Crippen LogP contribution in [0.15, 0.2) is 41.7 Å². The van der Waals surface area contributed by atoms with Gasteiger partial charge in [-0.15, -0.1) is 0 Å². The summed E-state index contributed by atoms with van der Waals surface area (Å²) in [7, 11) is 6.43. The molecule has 146 valence electrons. The van der Waals surface area contributed by atoms with Crippen molar-refractivity contribution in [2.24, 2.45) is 5.16 Å². The molecular weight excluding hydrogens is 360 g/mol. The van der Waals surface area contributed by atoms with Crippen LogP contribution in [0, 0.1) is 0 Å². The van der Waals surface area contributed by atoms with Crippen molar-refractivity contribution in [2.75, 3.05) is 28.4 Å². The number of hydrogen-bond donors (Lipinski definition) is 1. The Labute approximate surface area is 162 Å². The van der Waals surface area contributed by atoms with E-state index in [0.29, 0.717) is 23.7 Å². The summed E-state index contributed by atoms with van der Waals surface area (Å²) < 4.78 is 21.6. The Morgan fingerprint density at radius 2 is 1.71 bits per heavy atom. The summed E-state index contributed by atoms with van der Waals surface area (Å²) in [6.45, 7) is 0. The zero-order chi connectivity index (χ0) is 19.7. The standard InChI is InChI=1S/C21H22N2O5/c1-24-13-5-6-16-14(9-13)15(11-22-16)18-10-17(23-28-18)12-7-19(25-2)21(27-4)20(8-12)26-3/h5-9,11,18,22H,10H2,1-4H3. The quantitative estimate of drug-likeness (QED) is 0.696. The third kappa shape index (κ3) is 2.98. The average Bonchev–Trinajstić information content (AvgIpc) is 3.38. The Morgan fingerprint density at radius 3 is 2.36 bits per heavy atom. The lowest BCUT2D eigenvalue weighted by Gasteiger charge is -2.13. The molecule has 1 atom stereocenters. The summed E-state index contributed by atoms with van der Waals surface area (Å²) in [4.78, 5) is 9.04. The summed E-state index contributed by atoms with van der Waals surface area (Å²) in [6.07, 6.45) is 2.40. The largest absolute Gasteiger partial charge is 0.497 e. The van der Waals surface area contributed by atoms with Gasteiger partial charge < -0.3 is 28.8 Å². The number of benzene rings is 2. The molecule has 0 radical (unpaired) electrons. The molecule has 1 aliphatic rings. The minimum Gasteiger partial charge on any atom is -0.497 e. The molecule has 3 aromatic rings. The second kappa shape index (κ2) is 7.34. The molecule has 0 bridgehead atoms. The van der Waals surface area contributed by atoms with Gasteiger partial charge in [0.05, 0.1) is 34.2 Å². The predicted molar refractivity (Wildman–Crippen MR) is 106 cm³/mol. The van der Waals surface area contributed by atoms with Crippen molar-refractivity contribution in [1.29, 1.82) is 0 Å². The van der Waals surface area contributed by atoms with Crippen molar-refractivity contribution in [3.8, 4) is 23.0 Å². The van der Waals surface area contributed by atoms with Gasteiger partial charge in [-0.05, 0) is 30.3 Å². The molecule has 4 rings (SSSR count). The van der Waals surface area contributed by atoms with Gasteiger partial charge in [-0.3, -0.25) is 0 Å². The van der Waals surface area contributed by atoms with E-state index in [1.54, 1.807) is 28.4 Å². The summed E-state index contributed by atoms with van der Waals surface area (Å²) in [6, 6.07) is 9.68. The van der Waals surface area contributed by atoms with Crippen LogP contribution in [0.25, 0.3) is 10.9 Å². The number of rotatable bonds is 6. The van der Waals surface area contributed by atoms with Crippen LogP contribution >= 0.6 is 0 Å². The molecule has 0 saturated carbocycles. The van der Waals surface area contributed by atoms with Gasteiger partial charge in [0, 0.05) is 34.6 Å². The number of ether oxygens (including phenoxy) is 4. The fraction of sp³-hybridized carbons (Fsp3) is 0.286. The number of aromatic amines is 1. The summed E-state index contributed by atoms with van der Waals surface area (Å²) >= 11 is 0. The Hall–Kier alpha value is -3.35. The van der Waals surface area contributed by atoms with E-state index in [1.807, 2.05) is 36.5 Å². The smallest absolute Gasteiger partial charge is 0.203 e. The highest BCUT2D eigenvalue weighted by atomic mass is 16.6. The fourth-order valence-electron chi connectivity index (χ4n) is 3.48. The number of fused-ring (bicyclic) bond motifs is 1. The lowest BCUT2D eigenvalue weighted by atomic mass is 9.99. The maximum absolute atomic E-state index is 5.76. The van der Waals surface area contributed by atoms with E-state index in [-0.39, 0.29) is 6.10 Å². The van der Waals surface area contributed by atoms with Crippen molar-refractivity contribution in [2.45, 2.75) is 12.5 Å². The molecule has 1 aromatic heterocycles. The number of nitrogens with one attached hydrogen (secondary N) is 1. The van der Waals surface area contributed by atoms with E-state index < -0.39 is 0 Å². The molecule has 0 amide bonds. The minimum atomic E-state index is -0.185. The normalized spacial score (nSPS) is 15.9. The highest BCUT2D eigenvalue weighted by Crippen LogP contribution is 2.41. The van der Waals surface area contributed by atoms with Crippen LogP contribution in [0.2, 0.25) is 0 Å². The molecule has 7 nitrogen and oxygen atoms in total. The van der Waals surface area contributed by atoms with Crippen LogP contribution in [-0.4, -0.2) is 39.1 Å². The van der Waals surface area contributed by atoms with Gasteiger partial charge in [0.25, 0.3) is 0 Å². The van der Waals surface area contributed by atoms with Gasteiger partial charge in [0.1, 0.15) is 5.75 Å². The van der Waals surface area contributed by atoms with Crippen LogP contribution in [0.4, 0.5) is 0 Å². The van der Waals surface area contributed by atoms with Crippen LogP contribution < -0.4 is 18.9 Å². The first-order valence-corrected chi connectivity index (χ1v) is 8.86. The molecule has 7 heteroatoms. The lowest BCUT2D eigenvalue weighted by Crippen LogP contribution is -2.03. The van der Waals surface area contributed by atoms with Gasteiger partial charge in [0.2, 0.25) is 5.75 Å². The minimum absolute atomic E-state index is 0.185. The molecule has 28 heavy (non-hydrogen) atoms. The Kier molecular flexibility index (Phi) is 4.73. The zero-order valence-electron chi connectivity index (χ0n) is 16.2. The molecule has 1 unspecified atom stereocenters. The summed E-state index contributed by atoms with van der Waals surface area (Å²) in [5, 5.41) is 5.38. The van der Waals surface area contributed by atoms with Gasteiger partial charge >= 0.3 is 0 Å². The number of hydrogen-bond acceptors (Lipinski definition) is 6. The van der Waals surface area contributed by atoms with E-state index in [0.717, 1.165) is 33.5 Å². The van der Waals surface area contributed by atoms with Crippen molar-refractivity contribution in [1.82, 2.24) is 4.98 Å². The molecule has 1 aliphatic heterocycles. The molecule has 0 fully saturated rings. The Morgan fingerprint density at radius 1 is 0.964 bits per heavy atom. The van der Waals surface area contributed by atoms with E-state index in [1.165, 1.54) is 0 Å². The molecule has 2 aromatic carbocycles. The number of aromatic nitrogens is 1. The highest BCUT2D eigenvalue weighted by molar-refractivity contribution is 6.02. The highest BCUT2D eigenvalue weighted by Gasteiger charge is 2.28. The molecule has 1 N–H and O–H groups in total. The first kappa shape index (κ1) is 18.0. The van der Waals surface area contributed by atoms with E-state index in [4.69, 9.17) is 23.8 Å². The zero-order valence-corrected chi connectivity index (χ0v) is 16.2. The fourth-order valence-corrected chi connectivity index (χ4v) is 3.48. The summed E-state index contributed by atoms with van der Waals surface area (Å²) in [5.74, 6) is 2.52. The lowest BCUT2D eigenvalue weighted by molar-refractivity contribution is 0.0868. The molecular formula is C21H22N2O5. The van der Waals surface area contributed by atoms with E-state index in [9.17, 15) is 0 Å². The van der Waals surface area contributed by atoms with Crippen LogP contribution in [-0.2, 0) is 4.84 Å². The summed E-state index contributed by atoms with van der Waals surface area (Å²) in [5.41, 5.74) is 3.76. The van der Waals surface area contributed by atoms with Gasteiger partial charge in [-0.25, -0.2) is 0 Å². The predicted octanol–water partition coefficient (Wildman–Crippen LogP) is 4.07. The van der Waals surface area contributed by atoms with E-state index >= 15 is 0 Å². The second-order valence-corrected chi connectivity index (χ2v) is 6.41. The monoisotopic (exact) mass is 382 g/mol. The molecule has 0 saturated heterocycles. The number of oxime groups is 1. The first-order chi connectivity index (χ1) is 13.7. The number of nitrogens with zero attached hydrogens (tertiary/aromatic N) is 1. The third-order valence-corrected chi connectivity index (χ3v) is 4.93. The second-order valence-electron chi connectivity index (χ2n) is 6.41. The van der Waals surface area contributed by atoms with Crippen LogP contribution in [0.5, 0.6) is 23.0 Å². The van der Waals surface area contributed by atoms with Crippen molar-refractivity contribution in [3.05, 3.63) is 47.7 Å². The van der Waals surface area contributed by atoms with E-state index in [2.05, 4.69) is 10.1 Å².